The van der Waals surface area contributed by atoms with Crippen LogP contribution in [0.25, 0.3) is 0 Å². The fourth-order valence-corrected chi connectivity index (χ4v) is 3.37. The number of benzene rings is 1. The summed E-state index contributed by atoms with van der Waals surface area (Å²) >= 11 is 12.5. The Labute approximate surface area is 114 Å². The summed E-state index contributed by atoms with van der Waals surface area (Å²) in [5, 5.41) is 5.03. The molecule has 1 fully saturated rings. The molecule has 0 heterocycles. The molecule has 0 aromatic heterocycles. The highest BCUT2D eigenvalue weighted by molar-refractivity contribution is 6.35. The van der Waals surface area contributed by atoms with Gasteiger partial charge in [-0.1, -0.05) is 42.1 Å². The third-order valence-corrected chi connectivity index (χ3v) is 4.52. The summed E-state index contributed by atoms with van der Waals surface area (Å²) in [4.78, 5) is 0. The molecule has 1 aromatic rings. The van der Waals surface area contributed by atoms with Gasteiger partial charge in [0.15, 0.2) is 0 Å². The molecule has 0 spiro atoms. The van der Waals surface area contributed by atoms with Crippen molar-refractivity contribution in [1.29, 1.82) is 0 Å². The molecule has 3 heteroatoms. The highest BCUT2D eigenvalue weighted by Crippen LogP contribution is 2.32. The lowest BCUT2D eigenvalue weighted by atomic mass is 9.81. The van der Waals surface area contributed by atoms with Crippen LogP contribution < -0.4 is 5.32 Å². The SMILES string of the molecule is CNC1CCCCC1Cc1c(Cl)cccc1Cl. The fraction of sp³-hybridized carbons (Fsp3) is 0.571. The zero-order valence-electron chi connectivity index (χ0n) is 10.2. The molecule has 0 aliphatic heterocycles. The van der Waals surface area contributed by atoms with Gasteiger partial charge in [0.2, 0.25) is 0 Å². The minimum absolute atomic E-state index is 0.607. The number of nitrogens with one attached hydrogen (secondary N) is 1. The Balaban J connectivity index is 2.13. The van der Waals surface area contributed by atoms with E-state index in [9.17, 15) is 0 Å². The van der Waals surface area contributed by atoms with E-state index in [0.717, 1.165) is 22.0 Å². The predicted octanol–water partition coefficient (Wildman–Crippen LogP) is 4.31. The Hall–Kier alpha value is -0.240. The van der Waals surface area contributed by atoms with Crippen LogP contribution in [0.1, 0.15) is 31.2 Å². The van der Waals surface area contributed by atoms with E-state index < -0.39 is 0 Å². The third kappa shape index (κ3) is 3.15. The molecule has 17 heavy (non-hydrogen) atoms. The molecule has 1 saturated carbocycles. The van der Waals surface area contributed by atoms with Gasteiger partial charge in [-0.2, -0.15) is 0 Å². The van der Waals surface area contributed by atoms with Crippen LogP contribution in [-0.4, -0.2) is 13.1 Å². The quantitative estimate of drug-likeness (QED) is 0.864. The number of hydrogen-bond donors (Lipinski definition) is 1. The first-order valence-electron chi connectivity index (χ1n) is 6.32. The number of halogens is 2. The van der Waals surface area contributed by atoms with Crippen molar-refractivity contribution in [2.75, 3.05) is 7.05 Å². The average molecular weight is 272 g/mol. The standard InChI is InChI=1S/C14H19Cl2N/c1-17-14-8-3-2-5-10(14)9-11-12(15)6-4-7-13(11)16/h4,6-7,10,14,17H,2-3,5,8-9H2,1H3. The lowest BCUT2D eigenvalue weighted by Crippen LogP contribution is -2.37. The third-order valence-electron chi connectivity index (χ3n) is 3.81. The molecule has 0 bridgehead atoms. The molecule has 1 aliphatic rings. The highest BCUT2D eigenvalue weighted by Gasteiger charge is 2.25. The van der Waals surface area contributed by atoms with Crippen LogP contribution in [-0.2, 0) is 6.42 Å². The molecule has 1 nitrogen and oxygen atoms in total. The van der Waals surface area contributed by atoms with Crippen molar-refractivity contribution in [2.45, 2.75) is 38.1 Å². The molecular weight excluding hydrogens is 253 g/mol. The first-order chi connectivity index (χ1) is 8.22. The topological polar surface area (TPSA) is 12.0 Å². The van der Waals surface area contributed by atoms with E-state index in [1.54, 1.807) is 0 Å². The first kappa shape index (κ1) is 13.2. The van der Waals surface area contributed by atoms with Crippen molar-refractivity contribution in [3.63, 3.8) is 0 Å². The minimum Gasteiger partial charge on any atom is -0.317 e. The molecule has 0 saturated heterocycles. The van der Waals surface area contributed by atoms with Crippen LogP contribution in [0, 0.1) is 5.92 Å². The molecule has 94 valence electrons. The fourth-order valence-electron chi connectivity index (χ4n) is 2.82. The van der Waals surface area contributed by atoms with Gasteiger partial charge in [0, 0.05) is 16.1 Å². The maximum atomic E-state index is 6.23. The second kappa shape index (κ2) is 6.08. The summed E-state index contributed by atoms with van der Waals surface area (Å²) in [6.07, 6.45) is 6.18. The van der Waals surface area contributed by atoms with Gasteiger partial charge >= 0.3 is 0 Å². The Kier molecular flexibility index (Phi) is 4.72. The molecule has 2 atom stereocenters. The van der Waals surface area contributed by atoms with Crippen molar-refractivity contribution in [2.24, 2.45) is 5.92 Å². The number of rotatable bonds is 3. The van der Waals surface area contributed by atoms with Crippen LogP contribution in [0.5, 0.6) is 0 Å². The van der Waals surface area contributed by atoms with E-state index in [1.165, 1.54) is 25.7 Å². The Bertz CT molecular complexity index is 358. The molecule has 0 radical (unpaired) electrons. The van der Waals surface area contributed by atoms with Crippen LogP contribution in [0.4, 0.5) is 0 Å². The van der Waals surface area contributed by atoms with E-state index in [-0.39, 0.29) is 0 Å². The summed E-state index contributed by atoms with van der Waals surface area (Å²) in [6.45, 7) is 0. The lowest BCUT2D eigenvalue weighted by Gasteiger charge is -2.31. The van der Waals surface area contributed by atoms with E-state index in [2.05, 4.69) is 12.4 Å². The molecule has 1 N–H and O–H groups in total. The lowest BCUT2D eigenvalue weighted by molar-refractivity contribution is 0.273. The summed E-state index contributed by atoms with van der Waals surface area (Å²) in [7, 11) is 2.05. The predicted molar refractivity (Wildman–Crippen MR) is 75.0 cm³/mol. The second-order valence-electron chi connectivity index (χ2n) is 4.84. The van der Waals surface area contributed by atoms with Crippen molar-refractivity contribution in [1.82, 2.24) is 5.32 Å². The largest absolute Gasteiger partial charge is 0.317 e. The monoisotopic (exact) mass is 271 g/mol. The molecule has 2 rings (SSSR count). The normalized spacial score (nSPS) is 24.9. The van der Waals surface area contributed by atoms with Crippen LogP contribution >= 0.6 is 23.2 Å². The average Bonchev–Trinajstić information content (AvgIpc) is 2.34. The Morgan fingerprint density at radius 3 is 2.47 bits per heavy atom. The summed E-state index contributed by atoms with van der Waals surface area (Å²) in [5.41, 5.74) is 1.11. The van der Waals surface area contributed by atoms with E-state index in [0.29, 0.717) is 12.0 Å². The zero-order chi connectivity index (χ0) is 12.3. The first-order valence-corrected chi connectivity index (χ1v) is 7.08. The van der Waals surface area contributed by atoms with Crippen molar-refractivity contribution >= 4 is 23.2 Å². The van der Waals surface area contributed by atoms with Crippen molar-refractivity contribution < 1.29 is 0 Å². The molecule has 1 aliphatic carbocycles. The maximum Gasteiger partial charge on any atom is 0.0452 e. The van der Waals surface area contributed by atoms with E-state index in [4.69, 9.17) is 23.2 Å². The van der Waals surface area contributed by atoms with Crippen molar-refractivity contribution in [3.8, 4) is 0 Å². The smallest absolute Gasteiger partial charge is 0.0452 e. The molecule has 0 amide bonds. The van der Waals surface area contributed by atoms with Crippen molar-refractivity contribution in [3.05, 3.63) is 33.8 Å². The van der Waals surface area contributed by atoms with Gasteiger partial charge in [-0.25, -0.2) is 0 Å². The Morgan fingerprint density at radius 1 is 1.18 bits per heavy atom. The van der Waals surface area contributed by atoms with Gasteiger partial charge in [-0.05, 0) is 49.9 Å². The number of hydrogen-bond acceptors (Lipinski definition) is 1. The molecule has 2 unspecified atom stereocenters. The Morgan fingerprint density at radius 2 is 1.82 bits per heavy atom. The van der Waals surface area contributed by atoms with Gasteiger partial charge < -0.3 is 5.32 Å². The highest BCUT2D eigenvalue weighted by atomic mass is 35.5. The van der Waals surface area contributed by atoms with Crippen LogP contribution in [0.15, 0.2) is 18.2 Å². The van der Waals surface area contributed by atoms with Gasteiger partial charge in [0.25, 0.3) is 0 Å². The molecule has 1 aromatic carbocycles. The van der Waals surface area contributed by atoms with Gasteiger partial charge in [0.05, 0.1) is 0 Å². The van der Waals surface area contributed by atoms with Gasteiger partial charge in [0.1, 0.15) is 0 Å². The van der Waals surface area contributed by atoms with Gasteiger partial charge in [-0.3, -0.25) is 0 Å². The second-order valence-corrected chi connectivity index (χ2v) is 5.66. The van der Waals surface area contributed by atoms with E-state index >= 15 is 0 Å². The summed E-state index contributed by atoms with van der Waals surface area (Å²) < 4.78 is 0. The minimum atomic E-state index is 0.607. The summed E-state index contributed by atoms with van der Waals surface area (Å²) in [6, 6.07) is 6.38. The van der Waals surface area contributed by atoms with Crippen LogP contribution in [0.3, 0.4) is 0 Å². The summed E-state index contributed by atoms with van der Waals surface area (Å²) in [5.74, 6) is 0.658. The molecular formula is C14H19Cl2N. The maximum absolute atomic E-state index is 6.23. The zero-order valence-corrected chi connectivity index (χ0v) is 11.7. The van der Waals surface area contributed by atoms with E-state index in [1.807, 2.05) is 18.2 Å². The van der Waals surface area contributed by atoms with Gasteiger partial charge in [-0.15, -0.1) is 0 Å². The van der Waals surface area contributed by atoms with Crippen LogP contribution in [0.2, 0.25) is 10.0 Å².